The Bertz CT molecular complexity index is 349. The number of aliphatic hydroxyl groups excluding tert-OH is 1. The fraction of sp³-hybridized carbons (Fsp3) is 0.800. The number of aromatic nitrogens is 2. The highest BCUT2D eigenvalue weighted by molar-refractivity contribution is 5.00. The van der Waals surface area contributed by atoms with Gasteiger partial charge in [0.05, 0.1) is 6.10 Å². The number of hydrogen-bond acceptors (Lipinski definition) is 6. The molecule has 3 N–H and O–H groups in total. The zero-order valence-electron chi connectivity index (χ0n) is 9.46. The van der Waals surface area contributed by atoms with Gasteiger partial charge in [-0.2, -0.15) is 4.98 Å². The third kappa shape index (κ3) is 2.23. The van der Waals surface area contributed by atoms with E-state index in [2.05, 4.69) is 10.1 Å². The average Bonchev–Trinajstić information content (AvgIpc) is 2.96. The highest BCUT2D eigenvalue weighted by Gasteiger charge is 2.36. The minimum Gasteiger partial charge on any atom is -0.391 e. The predicted octanol–water partition coefficient (Wildman–Crippen LogP) is 0.548. The Morgan fingerprint density at radius 1 is 1.56 bits per heavy atom. The second-order valence-electron chi connectivity index (χ2n) is 4.25. The summed E-state index contributed by atoms with van der Waals surface area (Å²) in [7, 11) is 1.63. The summed E-state index contributed by atoms with van der Waals surface area (Å²) in [6, 6.07) is -0.641. The lowest BCUT2D eigenvalue weighted by molar-refractivity contribution is 0.0751. The van der Waals surface area contributed by atoms with Crippen molar-refractivity contribution >= 4 is 0 Å². The molecule has 1 aromatic rings. The summed E-state index contributed by atoms with van der Waals surface area (Å²) in [5, 5.41) is 13.2. The second kappa shape index (κ2) is 4.48. The van der Waals surface area contributed by atoms with Gasteiger partial charge in [-0.25, -0.2) is 0 Å². The van der Waals surface area contributed by atoms with Crippen LogP contribution in [-0.4, -0.2) is 28.5 Å². The minimum absolute atomic E-state index is 0.112. The predicted molar refractivity (Wildman–Crippen MR) is 55.4 cm³/mol. The molecule has 1 saturated carbocycles. The van der Waals surface area contributed by atoms with E-state index in [1.807, 2.05) is 0 Å². The average molecular weight is 227 g/mol. The van der Waals surface area contributed by atoms with E-state index in [0.29, 0.717) is 11.7 Å². The van der Waals surface area contributed by atoms with Crippen LogP contribution in [0.4, 0.5) is 0 Å². The van der Waals surface area contributed by atoms with E-state index >= 15 is 0 Å². The van der Waals surface area contributed by atoms with Gasteiger partial charge in [0.2, 0.25) is 11.7 Å². The topological polar surface area (TPSA) is 94.4 Å². The van der Waals surface area contributed by atoms with Crippen molar-refractivity contribution in [3.05, 3.63) is 11.7 Å². The first kappa shape index (κ1) is 11.5. The third-order valence-electron chi connectivity index (χ3n) is 2.82. The molecule has 0 aromatic carbocycles. The van der Waals surface area contributed by atoms with Gasteiger partial charge in [0.15, 0.2) is 0 Å². The Labute approximate surface area is 93.8 Å². The lowest BCUT2D eigenvalue weighted by Gasteiger charge is -2.09. The molecule has 1 aromatic heterocycles. The molecule has 0 saturated heterocycles. The van der Waals surface area contributed by atoms with E-state index in [4.69, 9.17) is 15.0 Å². The molecule has 0 amide bonds. The molecular formula is C10H17N3O3. The molecule has 1 fully saturated rings. The van der Waals surface area contributed by atoms with E-state index in [1.54, 1.807) is 14.0 Å². The molecule has 3 atom stereocenters. The van der Waals surface area contributed by atoms with Gasteiger partial charge in [-0.05, 0) is 25.7 Å². The van der Waals surface area contributed by atoms with Crippen LogP contribution in [-0.2, 0) is 4.74 Å². The van der Waals surface area contributed by atoms with Gasteiger partial charge in [0.25, 0.3) is 0 Å². The summed E-state index contributed by atoms with van der Waals surface area (Å²) in [5.74, 6) is 1.27. The van der Waals surface area contributed by atoms with Crippen molar-refractivity contribution in [1.29, 1.82) is 0 Å². The molecule has 16 heavy (non-hydrogen) atoms. The minimum atomic E-state index is -0.713. The first-order chi connectivity index (χ1) is 7.63. The summed E-state index contributed by atoms with van der Waals surface area (Å²) in [6.45, 7) is 1.59. The van der Waals surface area contributed by atoms with E-state index in [9.17, 15) is 5.11 Å². The molecule has 2 rings (SSSR count). The Balaban J connectivity index is 2.11. The van der Waals surface area contributed by atoms with Crippen LogP contribution in [0.2, 0.25) is 0 Å². The first-order valence-electron chi connectivity index (χ1n) is 5.43. The van der Waals surface area contributed by atoms with Crippen molar-refractivity contribution in [2.45, 2.75) is 38.0 Å². The number of hydrogen-bond donors (Lipinski definition) is 2. The van der Waals surface area contributed by atoms with Crippen LogP contribution >= 0.6 is 0 Å². The van der Waals surface area contributed by atoms with Gasteiger partial charge in [0.1, 0.15) is 12.1 Å². The zero-order valence-corrected chi connectivity index (χ0v) is 9.46. The Kier molecular flexibility index (Phi) is 3.22. The second-order valence-corrected chi connectivity index (χ2v) is 4.25. The van der Waals surface area contributed by atoms with Gasteiger partial charge >= 0.3 is 0 Å². The molecule has 1 aliphatic rings. The summed E-state index contributed by atoms with van der Waals surface area (Å²) >= 11 is 0. The molecule has 1 heterocycles. The van der Waals surface area contributed by atoms with Crippen molar-refractivity contribution in [2.24, 2.45) is 11.7 Å². The summed E-state index contributed by atoms with van der Waals surface area (Å²) in [4.78, 5) is 4.18. The van der Waals surface area contributed by atoms with Crippen molar-refractivity contribution in [3.63, 3.8) is 0 Å². The number of rotatable bonds is 5. The molecule has 1 aliphatic carbocycles. The van der Waals surface area contributed by atoms with E-state index < -0.39 is 12.1 Å². The van der Waals surface area contributed by atoms with Crippen LogP contribution in [0.5, 0.6) is 0 Å². The molecular weight excluding hydrogens is 210 g/mol. The zero-order chi connectivity index (χ0) is 11.7. The van der Waals surface area contributed by atoms with Crippen LogP contribution in [0.3, 0.4) is 0 Å². The standard InChI is InChI=1S/C10H17N3O3/c1-5(14)7(11)10-12-9(13-16-10)8(15-2)6-3-4-6/h5-8,14H,3-4,11H2,1-2H3. The van der Waals surface area contributed by atoms with Gasteiger partial charge in [-0.3, -0.25) is 0 Å². The SMILES string of the molecule is COC(c1noc(C(N)C(C)O)n1)C1CC1. The lowest BCUT2D eigenvalue weighted by Crippen LogP contribution is -2.23. The largest absolute Gasteiger partial charge is 0.391 e. The summed E-state index contributed by atoms with van der Waals surface area (Å²) < 4.78 is 10.3. The molecule has 0 radical (unpaired) electrons. The van der Waals surface area contributed by atoms with Crippen molar-refractivity contribution in [1.82, 2.24) is 10.1 Å². The Morgan fingerprint density at radius 2 is 2.25 bits per heavy atom. The van der Waals surface area contributed by atoms with E-state index in [1.165, 1.54) is 0 Å². The van der Waals surface area contributed by atoms with Crippen LogP contribution in [0.25, 0.3) is 0 Å². The fourth-order valence-corrected chi connectivity index (χ4v) is 1.61. The molecule has 3 unspecified atom stereocenters. The van der Waals surface area contributed by atoms with Gasteiger partial charge in [-0.1, -0.05) is 5.16 Å². The maximum Gasteiger partial charge on any atom is 0.246 e. The maximum absolute atomic E-state index is 9.32. The van der Waals surface area contributed by atoms with Gasteiger partial charge < -0.3 is 20.1 Å². The third-order valence-corrected chi connectivity index (χ3v) is 2.82. The van der Waals surface area contributed by atoms with Crippen LogP contribution in [0.1, 0.15) is 43.6 Å². The number of methoxy groups -OCH3 is 1. The van der Waals surface area contributed by atoms with Crippen molar-refractivity contribution < 1.29 is 14.4 Å². The van der Waals surface area contributed by atoms with Crippen LogP contribution < -0.4 is 5.73 Å². The van der Waals surface area contributed by atoms with Gasteiger partial charge in [-0.15, -0.1) is 0 Å². The quantitative estimate of drug-likeness (QED) is 0.762. The molecule has 0 spiro atoms. The summed E-state index contributed by atoms with van der Waals surface area (Å²) in [5.41, 5.74) is 5.70. The number of aliphatic hydroxyl groups is 1. The summed E-state index contributed by atoms with van der Waals surface area (Å²) in [6.07, 6.45) is 1.43. The first-order valence-corrected chi connectivity index (χ1v) is 5.43. The highest BCUT2D eigenvalue weighted by Crippen LogP contribution is 2.42. The lowest BCUT2D eigenvalue weighted by atomic mass is 10.2. The highest BCUT2D eigenvalue weighted by atomic mass is 16.5. The van der Waals surface area contributed by atoms with E-state index in [0.717, 1.165) is 12.8 Å². The molecule has 6 heteroatoms. The Hall–Kier alpha value is -0.980. The molecule has 90 valence electrons. The number of nitrogens with zero attached hydrogens (tertiary/aromatic N) is 2. The van der Waals surface area contributed by atoms with E-state index in [-0.39, 0.29) is 12.0 Å². The van der Waals surface area contributed by atoms with Crippen LogP contribution in [0, 0.1) is 5.92 Å². The molecule has 0 aliphatic heterocycles. The molecule has 0 bridgehead atoms. The van der Waals surface area contributed by atoms with Gasteiger partial charge in [0, 0.05) is 7.11 Å². The van der Waals surface area contributed by atoms with Crippen molar-refractivity contribution in [3.8, 4) is 0 Å². The fourth-order valence-electron chi connectivity index (χ4n) is 1.61. The normalized spacial score (nSPS) is 21.8. The van der Waals surface area contributed by atoms with Crippen molar-refractivity contribution in [2.75, 3.05) is 7.11 Å². The monoisotopic (exact) mass is 227 g/mol. The maximum atomic E-state index is 9.32. The smallest absolute Gasteiger partial charge is 0.246 e. The van der Waals surface area contributed by atoms with Crippen LogP contribution in [0.15, 0.2) is 4.52 Å². The number of nitrogens with two attached hydrogens (primary N) is 1. The molecule has 6 nitrogen and oxygen atoms in total. The number of ether oxygens (including phenoxy) is 1. The Morgan fingerprint density at radius 3 is 2.75 bits per heavy atom.